The quantitative estimate of drug-likeness (QED) is 0.724. The Hall–Kier alpha value is -2.55. The molecule has 1 aliphatic heterocycles. The second-order valence-electron chi connectivity index (χ2n) is 5.41. The van der Waals surface area contributed by atoms with Crippen molar-refractivity contribution in [3.63, 3.8) is 0 Å². The molecule has 0 saturated carbocycles. The van der Waals surface area contributed by atoms with Crippen molar-refractivity contribution in [2.45, 2.75) is 13.3 Å². The van der Waals surface area contributed by atoms with Gasteiger partial charge in [0.1, 0.15) is 11.5 Å². The van der Waals surface area contributed by atoms with E-state index in [9.17, 15) is 4.79 Å². The molecule has 5 nitrogen and oxygen atoms in total. The van der Waals surface area contributed by atoms with Gasteiger partial charge in [-0.25, -0.2) is 5.01 Å². The summed E-state index contributed by atoms with van der Waals surface area (Å²) in [5, 5.41) is 15.2. The first-order valence-corrected chi connectivity index (χ1v) is 8.26. The van der Waals surface area contributed by atoms with Crippen molar-refractivity contribution in [2.24, 2.45) is 5.10 Å². The maximum atomic E-state index is 12.4. The lowest BCUT2D eigenvalue weighted by molar-refractivity contribution is -0.125. The van der Waals surface area contributed by atoms with Gasteiger partial charge in [0.15, 0.2) is 0 Å². The van der Waals surface area contributed by atoms with Crippen LogP contribution in [0.3, 0.4) is 0 Å². The SMILES string of the molecule is CC1=NN(CCC#N)C(=O)/C1=C\c1ccc(-c2cc(Cl)ccc2Cl)o1. The lowest BCUT2D eigenvalue weighted by atomic mass is 10.1. The number of amides is 1. The van der Waals surface area contributed by atoms with Gasteiger partial charge in [0.25, 0.3) is 5.91 Å². The highest BCUT2D eigenvalue weighted by Gasteiger charge is 2.27. The molecule has 0 saturated heterocycles. The van der Waals surface area contributed by atoms with Crippen molar-refractivity contribution in [1.29, 1.82) is 5.26 Å². The highest BCUT2D eigenvalue weighted by atomic mass is 35.5. The Morgan fingerprint density at radius 1 is 1.32 bits per heavy atom. The minimum absolute atomic E-state index is 0.230. The Kier molecular flexibility index (Phi) is 4.93. The molecule has 7 heteroatoms. The van der Waals surface area contributed by atoms with Crippen LogP contribution in [-0.4, -0.2) is 23.2 Å². The average molecular weight is 374 g/mol. The van der Waals surface area contributed by atoms with Crippen LogP contribution in [0.15, 0.2) is 45.4 Å². The molecule has 126 valence electrons. The Morgan fingerprint density at radius 3 is 2.88 bits per heavy atom. The van der Waals surface area contributed by atoms with Crippen molar-refractivity contribution in [2.75, 3.05) is 6.54 Å². The van der Waals surface area contributed by atoms with Crippen molar-refractivity contribution in [3.8, 4) is 17.4 Å². The number of hydrogen-bond acceptors (Lipinski definition) is 4. The molecule has 0 aliphatic carbocycles. The summed E-state index contributed by atoms with van der Waals surface area (Å²) in [5.74, 6) is 0.818. The van der Waals surface area contributed by atoms with E-state index in [1.54, 1.807) is 43.3 Å². The smallest absolute Gasteiger partial charge is 0.276 e. The van der Waals surface area contributed by atoms with Crippen molar-refractivity contribution >= 4 is 40.9 Å². The Labute approximate surface area is 154 Å². The summed E-state index contributed by atoms with van der Waals surface area (Å²) in [6, 6.07) is 10.6. The summed E-state index contributed by atoms with van der Waals surface area (Å²) in [4.78, 5) is 12.4. The van der Waals surface area contributed by atoms with E-state index < -0.39 is 0 Å². The Morgan fingerprint density at radius 2 is 2.12 bits per heavy atom. The first-order chi connectivity index (χ1) is 12.0. The molecule has 0 N–H and O–H groups in total. The van der Waals surface area contributed by atoms with Gasteiger partial charge in [0.2, 0.25) is 0 Å². The minimum Gasteiger partial charge on any atom is -0.457 e. The number of hydrogen-bond donors (Lipinski definition) is 0. The standard InChI is InChI=1S/C18H13Cl2N3O2/c1-11-14(18(24)23(22-11)8-2-7-21)10-13-4-6-17(25-13)15-9-12(19)3-5-16(15)20/h3-6,9-10H,2,8H2,1H3/b14-10-. The normalized spacial score (nSPS) is 15.6. The van der Waals surface area contributed by atoms with Gasteiger partial charge in [-0.15, -0.1) is 0 Å². The van der Waals surface area contributed by atoms with Gasteiger partial charge < -0.3 is 4.42 Å². The summed E-state index contributed by atoms with van der Waals surface area (Å²) in [6.07, 6.45) is 1.86. The van der Waals surface area contributed by atoms with E-state index in [2.05, 4.69) is 5.10 Å². The molecule has 0 unspecified atom stereocenters. The molecule has 0 bridgehead atoms. The monoisotopic (exact) mass is 373 g/mol. The molecule has 1 amide bonds. The third-order valence-corrected chi connectivity index (χ3v) is 4.23. The largest absolute Gasteiger partial charge is 0.457 e. The summed E-state index contributed by atoms with van der Waals surface area (Å²) >= 11 is 12.2. The molecule has 2 aromatic rings. The van der Waals surface area contributed by atoms with Crippen LogP contribution in [0.4, 0.5) is 0 Å². The van der Waals surface area contributed by atoms with Crippen molar-refractivity contribution < 1.29 is 9.21 Å². The number of furan rings is 1. The molecule has 1 aliphatic rings. The van der Waals surface area contributed by atoms with Gasteiger partial charge in [0, 0.05) is 10.6 Å². The lowest BCUT2D eigenvalue weighted by Crippen LogP contribution is -2.22. The number of nitriles is 1. The fraction of sp³-hybridized carbons (Fsp3) is 0.167. The van der Waals surface area contributed by atoms with Gasteiger partial charge in [-0.2, -0.15) is 10.4 Å². The number of hydrazone groups is 1. The molecular formula is C18H13Cl2N3O2. The van der Waals surface area contributed by atoms with Crippen molar-refractivity contribution in [1.82, 2.24) is 5.01 Å². The highest BCUT2D eigenvalue weighted by Crippen LogP contribution is 2.32. The third kappa shape index (κ3) is 3.60. The number of benzene rings is 1. The molecule has 0 atom stereocenters. The molecule has 3 rings (SSSR count). The molecule has 1 aromatic carbocycles. The van der Waals surface area contributed by atoms with E-state index in [0.717, 1.165) is 0 Å². The van der Waals surface area contributed by atoms with E-state index in [-0.39, 0.29) is 18.9 Å². The maximum absolute atomic E-state index is 12.4. The Bertz CT molecular complexity index is 938. The van der Waals surface area contributed by atoms with Gasteiger partial charge >= 0.3 is 0 Å². The lowest BCUT2D eigenvalue weighted by Gasteiger charge is -2.08. The van der Waals surface area contributed by atoms with Crippen LogP contribution >= 0.6 is 23.2 Å². The summed E-state index contributed by atoms with van der Waals surface area (Å²) in [6.45, 7) is 2.01. The zero-order valence-corrected chi connectivity index (χ0v) is 14.8. The van der Waals surface area contributed by atoms with Gasteiger partial charge in [-0.3, -0.25) is 4.79 Å². The number of carbonyl (C=O) groups excluding carboxylic acids is 1. The van der Waals surface area contributed by atoms with Crippen LogP contribution in [0, 0.1) is 11.3 Å². The average Bonchev–Trinajstić information content (AvgIpc) is 3.15. The van der Waals surface area contributed by atoms with E-state index in [1.165, 1.54) is 5.01 Å². The highest BCUT2D eigenvalue weighted by molar-refractivity contribution is 6.35. The maximum Gasteiger partial charge on any atom is 0.276 e. The van der Waals surface area contributed by atoms with Gasteiger partial charge in [-0.05, 0) is 43.3 Å². The topological polar surface area (TPSA) is 69.6 Å². The first-order valence-electron chi connectivity index (χ1n) is 7.51. The van der Waals surface area contributed by atoms with Crippen LogP contribution in [-0.2, 0) is 4.79 Å². The van der Waals surface area contributed by atoms with E-state index in [1.807, 2.05) is 6.07 Å². The predicted molar refractivity (Wildman–Crippen MR) is 97.2 cm³/mol. The predicted octanol–water partition coefficient (Wildman–Crippen LogP) is 4.77. The van der Waals surface area contributed by atoms with Crippen molar-refractivity contribution in [3.05, 3.63) is 51.7 Å². The minimum atomic E-state index is -0.244. The number of halogens is 2. The molecule has 0 spiro atoms. The van der Waals surface area contributed by atoms with Gasteiger partial charge in [0.05, 0.1) is 35.3 Å². The molecular weight excluding hydrogens is 361 g/mol. The number of nitrogens with zero attached hydrogens (tertiary/aromatic N) is 3. The zero-order chi connectivity index (χ0) is 18.0. The number of rotatable bonds is 4. The second kappa shape index (κ2) is 7.14. The fourth-order valence-corrected chi connectivity index (χ4v) is 2.83. The first kappa shape index (κ1) is 17.3. The molecule has 1 aromatic heterocycles. The van der Waals surface area contributed by atoms with E-state index in [0.29, 0.717) is 38.4 Å². The van der Waals surface area contributed by atoms with E-state index >= 15 is 0 Å². The summed E-state index contributed by atoms with van der Waals surface area (Å²) < 4.78 is 5.78. The third-order valence-electron chi connectivity index (χ3n) is 3.67. The van der Waals surface area contributed by atoms with Crippen LogP contribution in [0.2, 0.25) is 10.0 Å². The molecule has 2 heterocycles. The summed E-state index contributed by atoms with van der Waals surface area (Å²) in [7, 11) is 0. The molecule has 25 heavy (non-hydrogen) atoms. The van der Waals surface area contributed by atoms with Crippen LogP contribution in [0.1, 0.15) is 19.1 Å². The van der Waals surface area contributed by atoms with E-state index in [4.69, 9.17) is 32.9 Å². The van der Waals surface area contributed by atoms with Crippen LogP contribution < -0.4 is 0 Å². The van der Waals surface area contributed by atoms with Gasteiger partial charge in [-0.1, -0.05) is 23.2 Å². The van der Waals surface area contributed by atoms with Crippen LogP contribution in [0.5, 0.6) is 0 Å². The number of carbonyl (C=O) groups is 1. The fourth-order valence-electron chi connectivity index (χ4n) is 2.45. The second-order valence-corrected chi connectivity index (χ2v) is 6.25. The Balaban J connectivity index is 1.87. The zero-order valence-electron chi connectivity index (χ0n) is 13.3. The molecule has 0 fully saturated rings. The van der Waals surface area contributed by atoms with Crippen LogP contribution in [0.25, 0.3) is 17.4 Å². The molecule has 0 radical (unpaired) electrons. The summed E-state index contributed by atoms with van der Waals surface area (Å²) in [5.41, 5.74) is 1.70.